The van der Waals surface area contributed by atoms with E-state index in [1.165, 1.54) is 141 Å². The summed E-state index contributed by atoms with van der Waals surface area (Å²) in [5.41, 5.74) is 0. The van der Waals surface area contributed by atoms with Crippen LogP contribution in [0.15, 0.2) is 0 Å². The van der Waals surface area contributed by atoms with Crippen molar-refractivity contribution in [3.8, 4) is 0 Å². The summed E-state index contributed by atoms with van der Waals surface area (Å²) in [5, 5.41) is 5.55. The van der Waals surface area contributed by atoms with Crippen LogP contribution in [0.1, 0.15) is 239 Å². The van der Waals surface area contributed by atoms with E-state index in [0.717, 1.165) is 96.8 Å². The van der Waals surface area contributed by atoms with E-state index in [9.17, 15) is 14.4 Å². The molecule has 0 radical (unpaired) electrons. The van der Waals surface area contributed by atoms with Crippen LogP contribution in [0.5, 0.6) is 0 Å². The summed E-state index contributed by atoms with van der Waals surface area (Å²) in [6, 6.07) is 0. The van der Waals surface area contributed by atoms with Crippen molar-refractivity contribution in [3.05, 3.63) is 0 Å². The summed E-state index contributed by atoms with van der Waals surface area (Å²) in [6.07, 6.45) is 40.1. The molecule has 0 rings (SSSR count). The highest BCUT2D eigenvalue weighted by Gasteiger charge is 2.14. The molecule has 56 heavy (non-hydrogen) atoms. The third-order valence-corrected chi connectivity index (χ3v) is 10.7. The second-order valence-corrected chi connectivity index (χ2v) is 16.4. The van der Waals surface area contributed by atoms with E-state index in [-0.39, 0.29) is 18.0 Å². The Kier molecular flexibility index (Phi) is 49.9. The molecule has 2 N–H and O–H groups in total. The van der Waals surface area contributed by atoms with E-state index >= 15 is 0 Å². The number of hydrogen-bond acceptors (Lipinski definition) is 7. The predicted octanol–water partition coefficient (Wildman–Crippen LogP) is 12.6. The molecule has 0 aliphatic rings. The van der Waals surface area contributed by atoms with Crippen molar-refractivity contribution in [1.82, 2.24) is 15.5 Å². The molecule has 0 aromatic rings. The highest BCUT2D eigenvalue weighted by Crippen LogP contribution is 2.18. The molecule has 0 unspecified atom stereocenters. The Morgan fingerprint density at radius 2 is 0.875 bits per heavy atom. The Morgan fingerprint density at radius 3 is 1.34 bits per heavy atom. The van der Waals surface area contributed by atoms with Crippen molar-refractivity contribution in [2.75, 3.05) is 46.9 Å². The van der Waals surface area contributed by atoms with E-state index in [1.54, 1.807) is 0 Å². The molecule has 0 saturated heterocycles. The van der Waals surface area contributed by atoms with Gasteiger partial charge in [0.05, 0.1) is 6.61 Å². The minimum absolute atomic E-state index is 0.0146. The van der Waals surface area contributed by atoms with Crippen LogP contribution < -0.4 is 10.6 Å². The second-order valence-electron chi connectivity index (χ2n) is 16.4. The number of carbonyl (C=O) groups excluding carboxylic acids is 3. The molecule has 0 spiro atoms. The Labute approximate surface area is 348 Å². The molecular formula is C48H97N3O5. The molecule has 8 nitrogen and oxygen atoms in total. The first-order chi connectivity index (χ1) is 27.5. The molecule has 8 heteroatoms. The third-order valence-electron chi connectivity index (χ3n) is 10.7. The van der Waals surface area contributed by atoms with Crippen LogP contribution in [-0.4, -0.2) is 76.2 Å². The van der Waals surface area contributed by atoms with Gasteiger partial charge in [0.25, 0.3) is 0 Å². The van der Waals surface area contributed by atoms with Crippen molar-refractivity contribution < 1.29 is 23.9 Å². The number of ether oxygens (including phenoxy) is 2. The molecule has 0 aromatic carbocycles. The first-order valence-corrected chi connectivity index (χ1v) is 24.3. The maximum atomic E-state index is 12.8. The fourth-order valence-electron chi connectivity index (χ4n) is 7.20. The molecular weight excluding hydrogens is 699 g/mol. The molecule has 0 saturated carbocycles. The summed E-state index contributed by atoms with van der Waals surface area (Å²) < 4.78 is 11.5. The molecule has 0 aliphatic carbocycles. The Bertz CT molecular complexity index is 783. The highest BCUT2D eigenvalue weighted by molar-refractivity contribution is 5.69. The summed E-state index contributed by atoms with van der Waals surface area (Å²) in [5.74, 6) is -0.0157. The van der Waals surface area contributed by atoms with Crippen LogP contribution >= 0.6 is 0 Å². The van der Waals surface area contributed by atoms with Gasteiger partial charge in [-0.15, -0.1) is 0 Å². The number of hydrogen-bond donors (Lipinski definition) is 2. The molecule has 0 atom stereocenters. The van der Waals surface area contributed by atoms with Gasteiger partial charge in [0, 0.05) is 19.4 Å². The topological polar surface area (TPSA) is 97.0 Å². The number of nitrogens with zero attached hydrogens (tertiary/aromatic N) is 1. The lowest BCUT2D eigenvalue weighted by Gasteiger charge is -2.22. The monoisotopic (exact) mass is 796 g/mol. The smallest absolute Gasteiger partial charge is 0.306 e. The van der Waals surface area contributed by atoms with Crippen molar-refractivity contribution in [2.24, 2.45) is 0 Å². The zero-order chi connectivity index (χ0) is 41.4. The van der Waals surface area contributed by atoms with Crippen molar-refractivity contribution in [3.63, 3.8) is 0 Å². The fourth-order valence-corrected chi connectivity index (χ4v) is 7.20. The Balaban J connectivity index is 0. The summed E-state index contributed by atoms with van der Waals surface area (Å²) in [7, 11) is 3.75. The lowest BCUT2D eigenvalue weighted by Crippen LogP contribution is -2.29. The summed E-state index contributed by atoms with van der Waals surface area (Å²) >= 11 is 0. The zero-order valence-corrected chi connectivity index (χ0v) is 38.2. The van der Waals surface area contributed by atoms with Crippen LogP contribution in [0.4, 0.5) is 0 Å². The number of rotatable bonds is 44. The molecule has 0 aromatic heterocycles. The lowest BCUT2D eigenvalue weighted by atomic mass is 10.0. The van der Waals surface area contributed by atoms with Gasteiger partial charge in [-0.3, -0.25) is 14.4 Å². The second kappa shape index (κ2) is 49.5. The van der Waals surface area contributed by atoms with Gasteiger partial charge < -0.3 is 25.0 Å². The number of unbranched alkanes of at least 4 members (excludes halogenated alkanes) is 24. The first-order valence-electron chi connectivity index (χ1n) is 24.3. The first kappa shape index (κ1) is 56.4. The quantitative estimate of drug-likeness (QED) is 0.0360. The molecule has 1 amide bonds. The average molecular weight is 796 g/mol. The summed E-state index contributed by atoms with van der Waals surface area (Å²) in [6.45, 7) is 11.3. The Hall–Kier alpha value is -1.67. The fraction of sp³-hybridized carbons (Fsp3) is 0.938. The SMILES string of the molecule is CCCCCCCCCOC(=O)CCCCCCCN(CCCCCCCC(=O)OC(CCCCCCCC)CCCCCCCC)CCCNC=O.CNC. The van der Waals surface area contributed by atoms with Crippen LogP contribution in [-0.2, 0) is 23.9 Å². The van der Waals surface area contributed by atoms with Gasteiger partial charge in [-0.1, -0.05) is 162 Å². The third kappa shape index (κ3) is 46.7. The molecule has 0 aliphatic heterocycles. The van der Waals surface area contributed by atoms with Gasteiger partial charge in [0.2, 0.25) is 6.41 Å². The minimum Gasteiger partial charge on any atom is -0.466 e. The standard InChI is InChI=1S/C46H90N2O5.C2H7N/c1-4-7-10-13-16-25-32-42-52-45(50)36-28-21-17-23-30-39-48(41-33-38-47-43-49)40-31-24-18-22-29-37-46(51)53-44(34-26-19-14-11-8-5-2)35-27-20-15-12-9-6-3;1-3-2/h43-44H,4-42H2,1-3H3,(H,47,49);3H,1-2H3. The van der Waals surface area contributed by atoms with Gasteiger partial charge in [-0.2, -0.15) is 0 Å². The largest absolute Gasteiger partial charge is 0.466 e. The average Bonchev–Trinajstić information content (AvgIpc) is 3.19. The molecule has 0 fully saturated rings. The van der Waals surface area contributed by atoms with E-state index in [2.05, 4.69) is 36.3 Å². The highest BCUT2D eigenvalue weighted by atomic mass is 16.5. The maximum Gasteiger partial charge on any atom is 0.306 e. The van der Waals surface area contributed by atoms with Gasteiger partial charge in [0.1, 0.15) is 6.10 Å². The van der Waals surface area contributed by atoms with Crippen LogP contribution in [0.25, 0.3) is 0 Å². The number of esters is 2. The van der Waals surface area contributed by atoms with Gasteiger partial charge >= 0.3 is 11.9 Å². The van der Waals surface area contributed by atoms with Crippen LogP contribution in [0.2, 0.25) is 0 Å². The zero-order valence-electron chi connectivity index (χ0n) is 38.2. The molecule has 0 bridgehead atoms. The van der Waals surface area contributed by atoms with E-state index in [4.69, 9.17) is 9.47 Å². The number of carbonyl (C=O) groups is 3. The minimum atomic E-state index is -0.0303. The van der Waals surface area contributed by atoms with Crippen LogP contribution in [0.3, 0.4) is 0 Å². The lowest BCUT2D eigenvalue weighted by molar-refractivity contribution is -0.150. The number of amides is 1. The molecule has 0 heterocycles. The van der Waals surface area contributed by atoms with E-state index in [1.807, 2.05) is 14.1 Å². The predicted molar refractivity (Wildman–Crippen MR) is 240 cm³/mol. The van der Waals surface area contributed by atoms with Crippen molar-refractivity contribution in [1.29, 1.82) is 0 Å². The summed E-state index contributed by atoms with van der Waals surface area (Å²) in [4.78, 5) is 38.0. The van der Waals surface area contributed by atoms with Gasteiger partial charge in [-0.05, 0) is 97.9 Å². The number of nitrogens with one attached hydrogen (secondary N) is 2. The van der Waals surface area contributed by atoms with E-state index < -0.39 is 0 Å². The molecule has 334 valence electrons. The van der Waals surface area contributed by atoms with E-state index in [0.29, 0.717) is 19.4 Å². The van der Waals surface area contributed by atoms with Crippen LogP contribution in [0, 0.1) is 0 Å². The Morgan fingerprint density at radius 1 is 0.500 bits per heavy atom. The van der Waals surface area contributed by atoms with Crippen molar-refractivity contribution in [2.45, 2.75) is 245 Å². The van der Waals surface area contributed by atoms with Crippen molar-refractivity contribution >= 4 is 18.3 Å². The van der Waals surface area contributed by atoms with Gasteiger partial charge in [0.15, 0.2) is 0 Å². The normalized spacial score (nSPS) is 11.1. The maximum absolute atomic E-state index is 12.8. The van der Waals surface area contributed by atoms with Gasteiger partial charge in [-0.25, -0.2) is 0 Å².